The minimum atomic E-state index is -0.718. The van der Waals surface area contributed by atoms with Crippen LogP contribution in [-0.4, -0.2) is 40.7 Å². The van der Waals surface area contributed by atoms with Crippen molar-refractivity contribution in [1.29, 1.82) is 0 Å². The lowest BCUT2D eigenvalue weighted by atomic mass is 9.98. The average molecular weight is 434 g/mol. The van der Waals surface area contributed by atoms with Crippen LogP contribution in [-0.2, 0) is 9.59 Å². The van der Waals surface area contributed by atoms with Crippen molar-refractivity contribution >= 4 is 35.1 Å². The first-order chi connectivity index (χ1) is 15.5. The van der Waals surface area contributed by atoms with Gasteiger partial charge in [0.25, 0.3) is 11.8 Å². The van der Waals surface area contributed by atoms with Crippen LogP contribution >= 0.6 is 0 Å². The topological polar surface area (TPSA) is 108 Å². The maximum Gasteiger partial charge on any atom is 0.325 e. The third kappa shape index (κ3) is 4.64. The van der Waals surface area contributed by atoms with Gasteiger partial charge in [0.05, 0.1) is 0 Å². The lowest BCUT2D eigenvalue weighted by Crippen LogP contribution is -2.44. The number of hydrogen-bond donors (Lipinski definition) is 3. The maximum atomic E-state index is 12.6. The second-order valence-electron chi connectivity index (χ2n) is 8.23. The van der Waals surface area contributed by atoms with E-state index in [1.54, 1.807) is 48.5 Å². The molecule has 1 heterocycles. The zero-order chi connectivity index (χ0) is 22.6. The van der Waals surface area contributed by atoms with E-state index >= 15 is 0 Å². The lowest BCUT2D eigenvalue weighted by molar-refractivity contribution is -0.131. The van der Waals surface area contributed by atoms with Crippen LogP contribution in [0.5, 0.6) is 0 Å². The van der Waals surface area contributed by atoms with Gasteiger partial charge in [-0.3, -0.25) is 19.3 Å². The zero-order valence-electron chi connectivity index (χ0n) is 17.7. The van der Waals surface area contributed by atoms with E-state index in [1.165, 1.54) is 4.90 Å². The first kappa shape index (κ1) is 21.5. The zero-order valence-corrected chi connectivity index (χ0v) is 17.7. The van der Waals surface area contributed by atoms with Crippen LogP contribution in [0.4, 0.5) is 16.2 Å². The number of urea groups is 1. The molecule has 3 N–H and O–H groups in total. The summed E-state index contributed by atoms with van der Waals surface area (Å²) in [6.07, 6.45) is 3.80. The van der Waals surface area contributed by atoms with Crippen molar-refractivity contribution in [2.75, 3.05) is 17.2 Å². The molecule has 0 radical (unpaired) electrons. The van der Waals surface area contributed by atoms with Crippen molar-refractivity contribution < 1.29 is 19.2 Å². The molecule has 0 atom stereocenters. The Labute approximate surface area is 186 Å². The van der Waals surface area contributed by atoms with Crippen molar-refractivity contribution in [2.24, 2.45) is 0 Å². The number of rotatable bonds is 7. The molecule has 4 rings (SSSR count). The molecule has 1 aliphatic heterocycles. The van der Waals surface area contributed by atoms with Crippen molar-refractivity contribution in [1.82, 2.24) is 10.2 Å². The lowest BCUT2D eigenvalue weighted by Gasteiger charge is -2.19. The molecule has 8 heteroatoms. The summed E-state index contributed by atoms with van der Waals surface area (Å²) in [5.74, 6) is -0.621. The number of nitrogens with one attached hydrogen (secondary N) is 3. The van der Waals surface area contributed by atoms with Crippen molar-refractivity contribution in [2.45, 2.75) is 44.1 Å². The number of hydrogen-bond acceptors (Lipinski definition) is 4. The molecule has 2 fully saturated rings. The van der Waals surface area contributed by atoms with Crippen LogP contribution in [0, 0.1) is 0 Å². The first-order valence-corrected chi connectivity index (χ1v) is 10.9. The summed E-state index contributed by atoms with van der Waals surface area (Å²) in [4.78, 5) is 50.7. The van der Waals surface area contributed by atoms with E-state index < -0.39 is 5.54 Å². The molecule has 0 aromatic heterocycles. The second kappa shape index (κ2) is 9.21. The van der Waals surface area contributed by atoms with E-state index in [-0.39, 0.29) is 36.7 Å². The molecule has 1 saturated heterocycles. The van der Waals surface area contributed by atoms with E-state index in [1.807, 2.05) is 6.07 Å². The van der Waals surface area contributed by atoms with Gasteiger partial charge in [0.15, 0.2) is 0 Å². The predicted octanol–water partition coefficient (Wildman–Crippen LogP) is 3.52. The van der Waals surface area contributed by atoms with E-state index in [0.717, 1.165) is 12.8 Å². The van der Waals surface area contributed by atoms with Gasteiger partial charge in [0.1, 0.15) is 5.54 Å². The van der Waals surface area contributed by atoms with Gasteiger partial charge in [0.2, 0.25) is 5.91 Å². The van der Waals surface area contributed by atoms with E-state index in [2.05, 4.69) is 16.0 Å². The Hall–Kier alpha value is -3.68. The molecule has 2 aromatic carbocycles. The Balaban J connectivity index is 1.26. The Morgan fingerprint density at radius 2 is 1.62 bits per heavy atom. The molecular formula is C24H26N4O4. The summed E-state index contributed by atoms with van der Waals surface area (Å²) in [5, 5.41) is 8.45. The van der Waals surface area contributed by atoms with Gasteiger partial charge in [-0.05, 0) is 49.6 Å². The number of nitrogens with zero attached hydrogens (tertiary/aromatic N) is 1. The third-order valence-electron chi connectivity index (χ3n) is 5.93. The Kier molecular flexibility index (Phi) is 6.20. The average Bonchev–Trinajstić information content (AvgIpc) is 3.34. The van der Waals surface area contributed by atoms with Gasteiger partial charge in [-0.25, -0.2) is 4.79 Å². The van der Waals surface area contributed by atoms with Crippen LogP contribution in [0.25, 0.3) is 0 Å². The highest BCUT2D eigenvalue weighted by atomic mass is 16.2. The number of imide groups is 1. The molecule has 1 aliphatic carbocycles. The van der Waals surface area contributed by atoms with Crippen LogP contribution < -0.4 is 16.0 Å². The molecular weight excluding hydrogens is 408 g/mol. The van der Waals surface area contributed by atoms with Crippen LogP contribution in [0.1, 0.15) is 48.9 Å². The first-order valence-electron chi connectivity index (χ1n) is 10.9. The SMILES string of the molecule is O=C(CCCN1C(=O)NC2(CCCC2)C1=O)Nc1cccc(NC(=O)c2ccccc2)c1. The van der Waals surface area contributed by atoms with Gasteiger partial charge < -0.3 is 16.0 Å². The van der Waals surface area contributed by atoms with Gasteiger partial charge in [-0.2, -0.15) is 0 Å². The van der Waals surface area contributed by atoms with Crippen LogP contribution in [0.15, 0.2) is 54.6 Å². The summed E-state index contributed by atoms with van der Waals surface area (Å²) in [6, 6.07) is 15.4. The molecule has 5 amide bonds. The predicted molar refractivity (Wildman–Crippen MR) is 120 cm³/mol. The van der Waals surface area contributed by atoms with Crippen molar-refractivity contribution in [3.63, 3.8) is 0 Å². The van der Waals surface area contributed by atoms with E-state index in [9.17, 15) is 19.2 Å². The number of carbonyl (C=O) groups is 4. The highest BCUT2D eigenvalue weighted by Crippen LogP contribution is 2.35. The minimum absolute atomic E-state index is 0.165. The molecule has 166 valence electrons. The highest BCUT2D eigenvalue weighted by molar-refractivity contribution is 6.07. The largest absolute Gasteiger partial charge is 0.326 e. The summed E-state index contributed by atoms with van der Waals surface area (Å²) >= 11 is 0. The normalized spacial score (nSPS) is 16.8. The fourth-order valence-electron chi connectivity index (χ4n) is 4.29. The summed E-state index contributed by atoms with van der Waals surface area (Å²) in [7, 11) is 0. The van der Waals surface area contributed by atoms with Crippen molar-refractivity contribution in [3.05, 3.63) is 60.2 Å². The quantitative estimate of drug-likeness (QED) is 0.580. The van der Waals surface area contributed by atoms with Gasteiger partial charge >= 0.3 is 6.03 Å². The van der Waals surface area contributed by atoms with Crippen molar-refractivity contribution in [3.8, 4) is 0 Å². The molecule has 0 bridgehead atoms. The summed E-state index contributed by atoms with van der Waals surface area (Å²) < 4.78 is 0. The molecule has 1 spiro atoms. The fourth-order valence-corrected chi connectivity index (χ4v) is 4.29. The van der Waals surface area contributed by atoms with Crippen LogP contribution in [0.2, 0.25) is 0 Å². The number of carbonyl (C=O) groups excluding carboxylic acids is 4. The Morgan fingerprint density at radius 1 is 0.938 bits per heavy atom. The molecule has 32 heavy (non-hydrogen) atoms. The van der Waals surface area contributed by atoms with E-state index in [0.29, 0.717) is 36.2 Å². The van der Waals surface area contributed by atoms with Crippen LogP contribution in [0.3, 0.4) is 0 Å². The minimum Gasteiger partial charge on any atom is -0.326 e. The second-order valence-corrected chi connectivity index (χ2v) is 8.23. The fraction of sp³-hybridized carbons (Fsp3) is 0.333. The van der Waals surface area contributed by atoms with E-state index in [4.69, 9.17) is 0 Å². The summed E-state index contributed by atoms with van der Waals surface area (Å²) in [6.45, 7) is 0.215. The number of anilines is 2. The maximum absolute atomic E-state index is 12.6. The smallest absolute Gasteiger partial charge is 0.325 e. The van der Waals surface area contributed by atoms with Gasteiger partial charge in [0, 0.05) is 29.9 Å². The highest BCUT2D eigenvalue weighted by Gasteiger charge is 2.52. The Bertz CT molecular complexity index is 1030. The summed E-state index contributed by atoms with van der Waals surface area (Å²) in [5.41, 5.74) is 0.949. The molecule has 8 nitrogen and oxygen atoms in total. The third-order valence-corrected chi connectivity index (χ3v) is 5.93. The number of benzene rings is 2. The standard InChI is InChI=1S/C24H26N4O4/c29-20(12-7-15-28-22(31)24(27-23(28)32)13-4-5-14-24)25-18-10-6-11-19(16-18)26-21(30)17-8-2-1-3-9-17/h1-3,6,8-11,16H,4-5,7,12-15H2,(H,25,29)(H,26,30)(H,27,32). The number of amides is 5. The monoisotopic (exact) mass is 434 g/mol. The molecule has 2 aliphatic rings. The van der Waals surface area contributed by atoms with Gasteiger partial charge in [-0.15, -0.1) is 0 Å². The Morgan fingerprint density at radius 3 is 2.34 bits per heavy atom. The molecule has 2 aromatic rings. The molecule has 1 saturated carbocycles. The molecule has 0 unspecified atom stereocenters. The van der Waals surface area contributed by atoms with Gasteiger partial charge in [-0.1, -0.05) is 37.1 Å².